The third-order valence-electron chi connectivity index (χ3n) is 3.62. The van der Waals surface area contributed by atoms with Crippen LogP contribution < -0.4 is 4.90 Å². The molecule has 1 aliphatic rings. The summed E-state index contributed by atoms with van der Waals surface area (Å²) < 4.78 is 0. The fourth-order valence-corrected chi connectivity index (χ4v) is 2.50. The molecule has 0 spiro atoms. The van der Waals surface area contributed by atoms with Gasteiger partial charge < -0.3 is 4.90 Å². The van der Waals surface area contributed by atoms with E-state index in [0.29, 0.717) is 6.42 Å². The molecular formula is C15H24ClN3O. The Balaban J connectivity index is 0.00000200. The van der Waals surface area contributed by atoms with Gasteiger partial charge in [0.1, 0.15) is 5.82 Å². The van der Waals surface area contributed by atoms with Crippen LogP contribution in [0, 0.1) is 0 Å². The highest BCUT2D eigenvalue weighted by Gasteiger charge is 2.17. The molecule has 2 rings (SSSR count). The van der Waals surface area contributed by atoms with Gasteiger partial charge in [-0.25, -0.2) is 4.98 Å². The molecule has 2 heterocycles. The fourth-order valence-electron chi connectivity index (χ4n) is 2.50. The summed E-state index contributed by atoms with van der Waals surface area (Å²) >= 11 is 0. The lowest BCUT2D eigenvalue weighted by molar-refractivity contribution is -0.118. The molecule has 1 aromatic rings. The standard InChI is InChI=1S/C15H23N3O.ClH/c1-2-15(19)18(14-8-4-5-9-16-14)13-12-17-10-6-3-7-11-17;/h4-5,8-9H,2-3,6-7,10-13H2,1H3;1H. The average Bonchev–Trinajstić information content (AvgIpc) is 2.49. The zero-order valence-electron chi connectivity index (χ0n) is 12.1. The molecule has 0 aliphatic carbocycles. The van der Waals surface area contributed by atoms with Crippen molar-refractivity contribution in [1.29, 1.82) is 0 Å². The maximum atomic E-state index is 12.1. The largest absolute Gasteiger partial charge is 0.302 e. The lowest BCUT2D eigenvalue weighted by atomic mass is 10.1. The van der Waals surface area contributed by atoms with Gasteiger partial charge >= 0.3 is 0 Å². The predicted octanol–water partition coefficient (Wildman–Crippen LogP) is 2.73. The van der Waals surface area contributed by atoms with Crippen LogP contribution in [0.15, 0.2) is 24.4 Å². The first kappa shape index (κ1) is 16.9. The summed E-state index contributed by atoms with van der Waals surface area (Å²) in [7, 11) is 0. The van der Waals surface area contributed by atoms with E-state index in [9.17, 15) is 4.79 Å². The third kappa shape index (κ3) is 4.76. The molecule has 112 valence electrons. The van der Waals surface area contributed by atoms with Gasteiger partial charge in [-0.3, -0.25) is 9.69 Å². The molecule has 5 heteroatoms. The minimum atomic E-state index is 0. The van der Waals surface area contributed by atoms with Gasteiger partial charge in [0.15, 0.2) is 0 Å². The van der Waals surface area contributed by atoms with Gasteiger partial charge in [-0.2, -0.15) is 0 Å². The van der Waals surface area contributed by atoms with Crippen molar-refractivity contribution >= 4 is 24.1 Å². The zero-order valence-corrected chi connectivity index (χ0v) is 12.9. The maximum Gasteiger partial charge on any atom is 0.227 e. The summed E-state index contributed by atoms with van der Waals surface area (Å²) in [6, 6.07) is 5.71. The van der Waals surface area contributed by atoms with E-state index >= 15 is 0 Å². The number of hydrogen-bond acceptors (Lipinski definition) is 3. The summed E-state index contributed by atoms with van der Waals surface area (Å²) in [5.41, 5.74) is 0. The van der Waals surface area contributed by atoms with Crippen molar-refractivity contribution in [2.45, 2.75) is 32.6 Å². The molecule has 0 saturated carbocycles. The number of rotatable bonds is 5. The molecule has 1 fully saturated rings. The first-order chi connectivity index (χ1) is 9.31. The number of likely N-dealkylation sites (tertiary alicyclic amines) is 1. The number of pyridine rings is 1. The zero-order chi connectivity index (χ0) is 13.5. The molecule has 1 amide bonds. The monoisotopic (exact) mass is 297 g/mol. The smallest absolute Gasteiger partial charge is 0.227 e. The van der Waals surface area contributed by atoms with E-state index in [1.165, 1.54) is 19.3 Å². The number of anilines is 1. The van der Waals surface area contributed by atoms with Gasteiger partial charge in [0, 0.05) is 25.7 Å². The highest BCUT2D eigenvalue weighted by atomic mass is 35.5. The number of aromatic nitrogens is 1. The van der Waals surface area contributed by atoms with Crippen LogP contribution in [-0.2, 0) is 4.79 Å². The van der Waals surface area contributed by atoms with Crippen LogP contribution in [0.5, 0.6) is 0 Å². The minimum Gasteiger partial charge on any atom is -0.302 e. The van der Waals surface area contributed by atoms with Crippen LogP contribution in [0.4, 0.5) is 5.82 Å². The number of nitrogens with zero attached hydrogens (tertiary/aromatic N) is 3. The van der Waals surface area contributed by atoms with Crippen molar-refractivity contribution in [3.8, 4) is 0 Å². The van der Waals surface area contributed by atoms with E-state index in [-0.39, 0.29) is 18.3 Å². The molecule has 4 nitrogen and oxygen atoms in total. The quantitative estimate of drug-likeness (QED) is 0.838. The Morgan fingerprint density at radius 3 is 2.65 bits per heavy atom. The second-order valence-electron chi connectivity index (χ2n) is 4.99. The highest BCUT2D eigenvalue weighted by molar-refractivity contribution is 5.92. The van der Waals surface area contributed by atoms with Crippen molar-refractivity contribution in [3.05, 3.63) is 24.4 Å². The Morgan fingerprint density at radius 1 is 1.30 bits per heavy atom. The van der Waals surface area contributed by atoms with Crippen molar-refractivity contribution < 1.29 is 4.79 Å². The lowest BCUT2D eigenvalue weighted by Gasteiger charge is -2.29. The molecule has 20 heavy (non-hydrogen) atoms. The Bertz CT molecular complexity index is 393. The summed E-state index contributed by atoms with van der Waals surface area (Å²) in [4.78, 5) is 20.6. The van der Waals surface area contributed by atoms with Crippen molar-refractivity contribution in [2.75, 3.05) is 31.1 Å². The summed E-state index contributed by atoms with van der Waals surface area (Å²) in [6.07, 6.45) is 6.17. The van der Waals surface area contributed by atoms with E-state index in [2.05, 4.69) is 9.88 Å². The minimum absolute atomic E-state index is 0. The van der Waals surface area contributed by atoms with Gasteiger partial charge in [-0.1, -0.05) is 19.4 Å². The van der Waals surface area contributed by atoms with Crippen LogP contribution in [-0.4, -0.2) is 42.0 Å². The first-order valence-electron chi connectivity index (χ1n) is 7.25. The van der Waals surface area contributed by atoms with E-state index < -0.39 is 0 Å². The van der Waals surface area contributed by atoms with Gasteiger partial charge in [0.2, 0.25) is 5.91 Å². The van der Waals surface area contributed by atoms with Gasteiger partial charge in [-0.05, 0) is 38.1 Å². The number of amides is 1. The number of carbonyl (C=O) groups excluding carboxylic acids is 1. The number of halogens is 1. The molecule has 1 aliphatic heterocycles. The van der Waals surface area contributed by atoms with Crippen molar-refractivity contribution in [2.24, 2.45) is 0 Å². The fraction of sp³-hybridized carbons (Fsp3) is 0.600. The van der Waals surface area contributed by atoms with E-state index in [4.69, 9.17) is 0 Å². The average molecular weight is 298 g/mol. The van der Waals surface area contributed by atoms with Crippen LogP contribution >= 0.6 is 12.4 Å². The Kier molecular flexibility index (Phi) is 7.55. The topological polar surface area (TPSA) is 36.4 Å². The number of hydrogen-bond donors (Lipinski definition) is 0. The van der Waals surface area contributed by atoms with Crippen LogP contribution in [0.1, 0.15) is 32.6 Å². The van der Waals surface area contributed by atoms with Crippen molar-refractivity contribution in [3.63, 3.8) is 0 Å². The number of carbonyl (C=O) groups is 1. The summed E-state index contributed by atoms with van der Waals surface area (Å²) in [6.45, 7) is 5.91. The summed E-state index contributed by atoms with van der Waals surface area (Å²) in [5, 5.41) is 0. The molecule has 0 unspecified atom stereocenters. The molecule has 1 aromatic heterocycles. The first-order valence-corrected chi connectivity index (χ1v) is 7.25. The molecule has 1 saturated heterocycles. The van der Waals surface area contributed by atoms with Gasteiger partial charge in [0.25, 0.3) is 0 Å². The Hall–Kier alpha value is -1.13. The Labute approximate surface area is 127 Å². The maximum absolute atomic E-state index is 12.1. The van der Waals surface area contributed by atoms with Crippen LogP contribution in [0.3, 0.4) is 0 Å². The second kappa shape index (κ2) is 8.93. The van der Waals surface area contributed by atoms with Crippen molar-refractivity contribution in [1.82, 2.24) is 9.88 Å². The number of piperidine rings is 1. The predicted molar refractivity (Wildman–Crippen MR) is 84.4 cm³/mol. The lowest BCUT2D eigenvalue weighted by Crippen LogP contribution is -2.40. The van der Waals surface area contributed by atoms with E-state index in [0.717, 1.165) is 32.0 Å². The molecule has 0 radical (unpaired) electrons. The van der Waals surface area contributed by atoms with Gasteiger partial charge in [-0.15, -0.1) is 12.4 Å². The summed E-state index contributed by atoms with van der Waals surface area (Å²) in [5.74, 6) is 0.919. The molecule has 0 atom stereocenters. The Morgan fingerprint density at radius 2 is 2.05 bits per heavy atom. The van der Waals surface area contributed by atoms with Gasteiger partial charge in [0.05, 0.1) is 0 Å². The second-order valence-corrected chi connectivity index (χ2v) is 4.99. The molecule has 0 bridgehead atoms. The highest BCUT2D eigenvalue weighted by Crippen LogP contribution is 2.13. The van der Waals surface area contributed by atoms with E-state index in [1.807, 2.05) is 30.0 Å². The van der Waals surface area contributed by atoms with E-state index in [1.54, 1.807) is 6.20 Å². The third-order valence-corrected chi connectivity index (χ3v) is 3.62. The van der Waals surface area contributed by atoms with Crippen LogP contribution in [0.25, 0.3) is 0 Å². The SMILES string of the molecule is CCC(=O)N(CCN1CCCCC1)c1ccccn1.Cl. The molecule has 0 aromatic carbocycles. The molecule has 0 N–H and O–H groups in total. The normalized spacial score (nSPS) is 15.4. The van der Waals surface area contributed by atoms with Crippen LogP contribution in [0.2, 0.25) is 0 Å². The molecular weight excluding hydrogens is 274 g/mol.